The molecule has 100 valence electrons. The summed E-state index contributed by atoms with van der Waals surface area (Å²) in [5.74, 6) is 0.630. The van der Waals surface area contributed by atoms with E-state index in [1.54, 1.807) is 0 Å². The van der Waals surface area contributed by atoms with E-state index >= 15 is 0 Å². The lowest BCUT2D eigenvalue weighted by molar-refractivity contribution is -0.0186. The molecule has 2 unspecified atom stereocenters. The molecule has 0 spiro atoms. The third-order valence-electron chi connectivity index (χ3n) is 4.35. The highest BCUT2D eigenvalue weighted by Crippen LogP contribution is 2.47. The van der Waals surface area contributed by atoms with Crippen LogP contribution >= 0.6 is 0 Å². The van der Waals surface area contributed by atoms with Crippen molar-refractivity contribution in [3.8, 4) is 0 Å². The van der Waals surface area contributed by atoms with Gasteiger partial charge in [-0.15, -0.1) is 0 Å². The van der Waals surface area contributed by atoms with Gasteiger partial charge in [0.1, 0.15) is 0 Å². The van der Waals surface area contributed by atoms with E-state index < -0.39 is 0 Å². The summed E-state index contributed by atoms with van der Waals surface area (Å²) in [5, 5.41) is 2.30. The Hall–Kier alpha value is -0.160. The van der Waals surface area contributed by atoms with Crippen LogP contribution in [0.3, 0.4) is 0 Å². The average molecular weight is 241 g/mol. The molecule has 0 amide bonds. The minimum absolute atomic E-state index is 0.0842. The van der Waals surface area contributed by atoms with Crippen LogP contribution in [0.1, 0.15) is 33.6 Å². The normalized spacial score (nSPS) is 38.5. The summed E-state index contributed by atoms with van der Waals surface area (Å²) >= 11 is 0. The van der Waals surface area contributed by atoms with Gasteiger partial charge in [-0.3, -0.25) is 0 Å². The van der Waals surface area contributed by atoms with E-state index in [0.29, 0.717) is 11.3 Å². The Morgan fingerprint density at radius 2 is 2.00 bits per heavy atom. The van der Waals surface area contributed by atoms with E-state index in [1.807, 2.05) is 0 Å². The summed E-state index contributed by atoms with van der Waals surface area (Å²) in [4.78, 5) is 0. The second-order valence-corrected chi connectivity index (χ2v) is 6.52. The molecule has 1 aliphatic carbocycles. The summed E-state index contributed by atoms with van der Waals surface area (Å²) in [6.45, 7) is 11.3. The molecule has 1 saturated heterocycles. The lowest BCUT2D eigenvalue weighted by Crippen LogP contribution is -2.62. The Bertz CT molecular complexity index is 263. The fourth-order valence-electron chi connectivity index (χ4n) is 3.58. The molecule has 2 rings (SSSR count). The van der Waals surface area contributed by atoms with Gasteiger partial charge >= 0.3 is 0 Å². The third kappa shape index (κ3) is 2.81. The molecule has 0 bridgehead atoms. The van der Waals surface area contributed by atoms with Crippen molar-refractivity contribution in [2.45, 2.75) is 39.2 Å². The van der Waals surface area contributed by atoms with Crippen molar-refractivity contribution in [2.75, 3.05) is 32.8 Å². The summed E-state index contributed by atoms with van der Waals surface area (Å²) in [6, 6.07) is 0. The van der Waals surface area contributed by atoms with Crippen LogP contribution in [0.4, 0.5) is 0 Å². The Kier molecular flexibility index (Phi) is 3.78. The van der Waals surface area contributed by atoms with Gasteiger partial charge < -0.3 is 10.5 Å². The van der Waals surface area contributed by atoms with Crippen molar-refractivity contribution in [3.05, 3.63) is 0 Å². The standard InChI is InChI=1S/C13H27N3O/c1-11-8-12(2,3)9-13(11,10-14)15-16-4-6-17-7-5-16/h11,15H,4-10,14H2,1-3H3. The van der Waals surface area contributed by atoms with Gasteiger partial charge in [-0.25, -0.2) is 10.4 Å². The maximum Gasteiger partial charge on any atom is 0.0608 e. The van der Waals surface area contributed by atoms with Gasteiger partial charge in [-0.1, -0.05) is 20.8 Å². The molecule has 2 atom stereocenters. The van der Waals surface area contributed by atoms with Crippen molar-refractivity contribution in [3.63, 3.8) is 0 Å². The van der Waals surface area contributed by atoms with Gasteiger partial charge in [-0.05, 0) is 24.2 Å². The van der Waals surface area contributed by atoms with Crippen molar-refractivity contribution < 1.29 is 4.74 Å². The molecule has 2 aliphatic rings. The van der Waals surface area contributed by atoms with Crippen LogP contribution in [0.2, 0.25) is 0 Å². The zero-order valence-corrected chi connectivity index (χ0v) is 11.5. The van der Waals surface area contributed by atoms with Gasteiger partial charge in [0.2, 0.25) is 0 Å². The maximum atomic E-state index is 6.08. The van der Waals surface area contributed by atoms with Gasteiger partial charge in [-0.2, -0.15) is 0 Å². The summed E-state index contributed by atoms with van der Waals surface area (Å²) < 4.78 is 5.39. The van der Waals surface area contributed by atoms with E-state index in [4.69, 9.17) is 10.5 Å². The van der Waals surface area contributed by atoms with Crippen molar-refractivity contribution >= 4 is 0 Å². The quantitative estimate of drug-likeness (QED) is 0.773. The Morgan fingerprint density at radius 1 is 1.35 bits per heavy atom. The van der Waals surface area contributed by atoms with E-state index in [9.17, 15) is 0 Å². The number of nitrogens with one attached hydrogen (secondary N) is 1. The predicted molar refractivity (Wildman–Crippen MR) is 69.5 cm³/mol. The number of nitrogens with zero attached hydrogens (tertiary/aromatic N) is 1. The van der Waals surface area contributed by atoms with Crippen LogP contribution in [0, 0.1) is 11.3 Å². The second-order valence-electron chi connectivity index (χ2n) is 6.52. The smallest absolute Gasteiger partial charge is 0.0608 e. The monoisotopic (exact) mass is 241 g/mol. The molecule has 0 aromatic carbocycles. The fraction of sp³-hybridized carbons (Fsp3) is 1.00. The molecule has 1 aliphatic heterocycles. The summed E-state index contributed by atoms with van der Waals surface area (Å²) in [6.07, 6.45) is 2.41. The van der Waals surface area contributed by atoms with E-state index in [1.165, 1.54) is 6.42 Å². The maximum absolute atomic E-state index is 6.08. The van der Waals surface area contributed by atoms with Crippen LogP contribution in [-0.4, -0.2) is 43.4 Å². The molecule has 0 radical (unpaired) electrons. The first kappa shape index (κ1) is 13.3. The lowest BCUT2D eigenvalue weighted by Gasteiger charge is -2.41. The highest BCUT2D eigenvalue weighted by Gasteiger charge is 2.48. The van der Waals surface area contributed by atoms with Gasteiger partial charge in [0, 0.05) is 25.2 Å². The molecule has 2 fully saturated rings. The first-order chi connectivity index (χ1) is 7.97. The highest BCUT2D eigenvalue weighted by atomic mass is 16.5. The van der Waals surface area contributed by atoms with E-state index in [-0.39, 0.29) is 5.54 Å². The molecule has 3 N–H and O–H groups in total. The van der Waals surface area contributed by atoms with Crippen LogP contribution in [0.15, 0.2) is 0 Å². The SMILES string of the molecule is CC1CC(C)(C)CC1(CN)NN1CCOCC1. The minimum Gasteiger partial charge on any atom is -0.379 e. The Balaban J connectivity index is 2.03. The summed E-state index contributed by atoms with van der Waals surface area (Å²) in [5.41, 5.74) is 10.3. The Labute approximate surface area is 105 Å². The number of nitrogens with two attached hydrogens (primary N) is 1. The van der Waals surface area contributed by atoms with Crippen LogP contribution in [0.25, 0.3) is 0 Å². The first-order valence-corrected chi connectivity index (χ1v) is 6.78. The third-order valence-corrected chi connectivity index (χ3v) is 4.35. The van der Waals surface area contributed by atoms with Gasteiger partial charge in [0.25, 0.3) is 0 Å². The number of ether oxygens (including phenoxy) is 1. The van der Waals surface area contributed by atoms with E-state index in [2.05, 4.69) is 31.2 Å². The second kappa shape index (κ2) is 4.84. The number of hydrogen-bond donors (Lipinski definition) is 2. The molecular weight excluding hydrogens is 214 g/mol. The van der Waals surface area contributed by atoms with Gasteiger partial charge in [0.15, 0.2) is 0 Å². The van der Waals surface area contributed by atoms with Crippen molar-refractivity contribution in [2.24, 2.45) is 17.1 Å². The number of hydrazine groups is 1. The number of rotatable bonds is 3. The predicted octanol–water partition coefficient (Wildman–Crippen LogP) is 0.977. The van der Waals surface area contributed by atoms with Crippen LogP contribution in [-0.2, 0) is 4.74 Å². The molecule has 0 aromatic heterocycles. The molecule has 4 heteroatoms. The lowest BCUT2D eigenvalue weighted by atomic mass is 9.87. The largest absolute Gasteiger partial charge is 0.379 e. The molecule has 4 nitrogen and oxygen atoms in total. The van der Waals surface area contributed by atoms with Gasteiger partial charge in [0.05, 0.1) is 13.2 Å². The molecule has 17 heavy (non-hydrogen) atoms. The molecule has 0 aromatic rings. The van der Waals surface area contributed by atoms with E-state index in [0.717, 1.165) is 39.3 Å². The van der Waals surface area contributed by atoms with Crippen LogP contribution < -0.4 is 11.2 Å². The number of morpholine rings is 1. The topological polar surface area (TPSA) is 50.5 Å². The minimum atomic E-state index is 0.0842. The fourth-order valence-corrected chi connectivity index (χ4v) is 3.58. The number of hydrogen-bond acceptors (Lipinski definition) is 4. The molecule has 1 saturated carbocycles. The van der Waals surface area contributed by atoms with Crippen molar-refractivity contribution in [1.29, 1.82) is 0 Å². The average Bonchev–Trinajstić information content (AvgIpc) is 2.50. The first-order valence-electron chi connectivity index (χ1n) is 6.78. The highest BCUT2D eigenvalue weighted by molar-refractivity contribution is 5.04. The molecular formula is C13H27N3O. The Morgan fingerprint density at radius 3 is 2.47 bits per heavy atom. The zero-order chi connectivity index (χ0) is 12.5. The molecule has 1 heterocycles. The summed E-state index contributed by atoms with van der Waals surface area (Å²) in [7, 11) is 0. The van der Waals surface area contributed by atoms with Crippen LogP contribution in [0.5, 0.6) is 0 Å². The zero-order valence-electron chi connectivity index (χ0n) is 11.5. The van der Waals surface area contributed by atoms with Crippen molar-refractivity contribution in [1.82, 2.24) is 10.4 Å².